The second-order valence-electron chi connectivity index (χ2n) is 6.16. The summed E-state index contributed by atoms with van der Waals surface area (Å²) >= 11 is 1.80. The van der Waals surface area contributed by atoms with Gasteiger partial charge in [-0.25, -0.2) is 0 Å². The Balaban J connectivity index is 1.71. The molecule has 6 nitrogen and oxygen atoms in total. The molecule has 0 spiro atoms. The summed E-state index contributed by atoms with van der Waals surface area (Å²) in [7, 11) is 4.66. The second-order valence-corrected chi connectivity index (χ2v) is 7.16. The molecule has 1 atom stereocenters. The molecule has 0 radical (unpaired) electrons. The number of methoxy groups -OCH3 is 3. The SMILES string of the molecule is COc1cc(NC(=O)CN2CCc3sccc3[C@@H]2C)cc(OC)c1OC. The number of carbonyl (C=O) groups excluding carboxylic acids is 1. The summed E-state index contributed by atoms with van der Waals surface area (Å²) in [5.41, 5.74) is 1.95. The molecule has 1 N–H and O–H groups in total. The molecule has 0 aliphatic carbocycles. The monoisotopic (exact) mass is 376 g/mol. The molecule has 3 rings (SSSR count). The van der Waals surface area contributed by atoms with Crippen molar-refractivity contribution in [2.45, 2.75) is 19.4 Å². The largest absolute Gasteiger partial charge is 0.493 e. The van der Waals surface area contributed by atoms with Crippen molar-refractivity contribution >= 4 is 22.9 Å². The molecule has 2 heterocycles. The zero-order valence-corrected chi connectivity index (χ0v) is 16.3. The minimum atomic E-state index is -0.0650. The minimum absolute atomic E-state index is 0.0650. The van der Waals surface area contributed by atoms with Gasteiger partial charge in [-0.3, -0.25) is 9.69 Å². The Kier molecular flexibility index (Phi) is 5.68. The third kappa shape index (κ3) is 3.64. The lowest BCUT2D eigenvalue weighted by molar-refractivity contribution is -0.117. The van der Waals surface area contributed by atoms with E-state index in [1.165, 1.54) is 10.4 Å². The molecule has 7 heteroatoms. The number of hydrogen-bond acceptors (Lipinski definition) is 6. The molecule has 2 aromatic rings. The van der Waals surface area contributed by atoms with Gasteiger partial charge >= 0.3 is 0 Å². The van der Waals surface area contributed by atoms with Gasteiger partial charge in [-0.05, 0) is 30.4 Å². The summed E-state index contributed by atoms with van der Waals surface area (Å²) in [6.45, 7) is 3.38. The first kappa shape index (κ1) is 18.5. The van der Waals surface area contributed by atoms with E-state index in [0.29, 0.717) is 29.5 Å². The van der Waals surface area contributed by atoms with Gasteiger partial charge in [-0.15, -0.1) is 11.3 Å². The average Bonchev–Trinajstić information content (AvgIpc) is 3.12. The van der Waals surface area contributed by atoms with Gasteiger partial charge in [0.1, 0.15) is 0 Å². The Morgan fingerprint density at radius 3 is 2.54 bits per heavy atom. The maximum Gasteiger partial charge on any atom is 0.238 e. The highest BCUT2D eigenvalue weighted by Gasteiger charge is 2.26. The van der Waals surface area contributed by atoms with E-state index < -0.39 is 0 Å². The molecule has 0 fully saturated rings. The Hall–Kier alpha value is -2.25. The van der Waals surface area contributed by atoms with Crippen LogP contribution in [0.1, 0.15) is 23.4 Å². The van der Waals surface area contributed by atoms with Crippen molar-refractivity contribution in [2.24, 2.45) is 0 Å². The topological polar surface area (TPSA) is 60.0 Å². The third-order valence-electron chi connectivity index (χ3n) is 4.70. The Labute approximate surface area is 157 Å². The first-order valence-electron chi connectivity index (χ1n) is 8.47. The van der Waals surface area contributed by atoms with Crippen LogP contribution >= 0.6 is 11.3 Å². The van der Waals surface area contributed by atoms with E-state index in [4.69, 9.17) is 14.2 Å². The molecule has 0 saturated heterocycles. The van der Waals surface area contributed by atoms with E-state index in [1.807, 2.05) is 0 Å². The summed E-state index contributed by atoms with van der Waals surface area (Å²) < 4.78 is 16.0. The number of amides is 1. The highest BCUT2D eigenvalue weighted by Crippen LogP contribution is 2.40. The Morgan fingerprint density at radius 2 is 1.92 bits per heavy atom. The molecule has 0 bridgehead atoms. The predicted molar refractivity (Wildman–Crippen MR) is 103 cm³/mol. The van der Waals surface area contributed by atoms with Crippen molar-refractivity contribution in [2.75, 3.05) is 39.7 Å². The van der Waals surface area contributed by atoms with Crippen LogP contribution in [-0.4, -0.2) is 45.2 Å². The van der Waals surface area contributed by atoms with Crippen LogP contribution in [0.3, 0.4) is 0 Å². The van der Waals surface area contributed by atoms with Crippen LogP contribution in [0.15, 0.2) is 23.6 Å². The van der Waals surface area contributed by atoms with Gasteiger partial charge in [0.25, 0.3) is 0 Å². The predicted octanol–water partition coefficient (Wildman–Crippen LogP) is 3.33. The molecule has 1 aliphatic rings. The van der Waals surface area contributed by atoms with Crippen molar-refractivity contribution in [3.63, 3.8) is 0 Å². The number of carbonyl (C=O) groups is 1. The van der Waals surface area contributed by atoms with Gasteiger partial charge in [-0.2, -0.15) is 0 Å². The number of fused-ring (bicyclic) bond motifs is 1. The van der Waals surface area contributed by atoms with Gasteiger partial charge in [0.2, 0.25) is 11.7 Å². The minimum Gasteiger partial charge on any atom is -0.493 e. The lowest BCUT2D eigenvalue weighted by atomic mass is 10.0. The zero-order valence-electron chi connectivity index (χ0n) is 15.5. The summed E-state index contributed by atoms with van der Waals surface area (Å²) in [5.74, 6) is 1.46. The van der Waals surface area contributed by atoms with Crippen molar-refractivity contribution in [3.8, 4) is 17.2 Å². The lowest BCUT2D eigenvalue weighted by Crippen LogP contribution is -2.39. The fourth-order valence-electron chi connectivity index (χ4n) is 3.32. The standard InChI is InChI=1S/C19H24N2O4S/c1-12-14-6-8-26-17(14)5-7-21(12)11-18(22)20-13-9-15(23-2)19(25-4)16(10-13)24-3/h6,8-10,12H,5,7,11H2,1-4H3,(H,20,22)/t12-/m0/s1. The van der Waals surface area contributed by atoms with Crippen molar-refractivity contribution in [3.05, 3.63) is 34.0 Å². The van der Waals surface area contributed by atoms with Crippen LogP contribution < -0.4 is 19.5 Å². The summed E-state index contributed by atoms with van der Waals surface area (Å²) in [6.07, 6.45) is 0.995. The van der Waals surface area contributed by atoms with Crippen LogP contribution in [0.4, 0.5) is 5.69 Å². The molecular formula is C19H24N2O4S. The molecule has 26 heavy (non-hydrogen) atoms. The van der Waals surface area contributed by atoms with Crippen molar-refractivity contribution in [1.82, 2.24) is 4.90 Å². The van der Waals surface area contributed by atoms with Gasteiger partial charge in [-0.1, -0.05) is 0 Å². The average molecular weight is 376 g/mol. The van der Waals surface area contributed by atoms with E-state index >= 15 is 0 Å². The van der Waals surface area contributed by atoms with Gasteiger partial charge in [0.15, 0.2) is 11.5 Å². The van der Waals surface area contributed by atoms with Crippen LogP contribution in [0.25, 0.3) is 0 Å². The Morgan fingerprint density at radius 1 is 1.23 bits per heavy atom. The molecule has 1 aliphatic heterocycles. The van der Waals surface area contributed by atoms with Crippen LogP contribution in [0.5, 0.6) is 17.2 Å². The maximum absolute atomic E-state index is 12.6. The van der Waals surface area contributed by atoms with Gasteiger partial charge in [0.05, 0.1) is 27.9 Å². The van der Waals surface area contributed by atoms with Gasteiger partial charge < -0.3 is 19.5 Å². The first-order chi connectivity index (χ1) is 12.6. The highest BCUT2D eigenvalue weighted by molar-refractivity contribution is 7.10. The van der Waals surface area contributed by atoms with Gasteiger partial charge in [0, 0.05) is 35.3 Å². The fraction of sp³-hybridized carbons (Fsp3) is 0.421. The van der Waals surface area contributed by atoms with Crippen LogP contribution in [0.2, 0.25) is 0 Å². The number of hydrogen-bond donors (Lipinski definition) is 1. The summed E-state index contributed by atoms with van der Waals surface area (Å²) in [6, 6.07) is 5.87. The quantitative estimate of drug-likeness (QED) is 0.838. The number of rotatable bonds is 6. The van der Waals surface area contributed by atoms with E-state index in [2.05, 4.69) is 28.6 Å². The normalized spacial score (nSPS) is 16.7. The highest BCUT2D eigenvalue weighted by atomic mass is 32.1. The Bertz CT molecular complexity index is 765. The first-order valence-corrected chi connectivity index (χ1v) is 9.35. The van der Waals surface area contributed by atoms with E-state index in [0.717, 1.165) is 13.0 Å². The molecule has 140 valence electrons. The number of anilines is 1. The van der Waals surface area contributed by atoms with Crippen molar-refractivity contribution < 1.29 is 19.0 Å². The van der Waals surface area contributed by atoms with Crippen LogP contribution in [0, 0.1) is 0 Å². The number of thiophene rings is 1. The molecular weight excluding hydrogens is 352 g/mol. The number of nitrogens with zero attached hydrogens (tertiary/aromatic N) is 1. The maximum atomic E-state index is 12.6. The molecule has 0 unspecified atom stereocenters. The summed E-state index contributed by atoms with van der Waals surface area (Å²) in [5, 5.41) is 5.06. The van der Waals surface area contributed by atoms with E-state index in [-0.39, 0.29) is 11.9 Å². The van der Waals surface area contributed by atoms with E-state index in [1.54, 1.807) is 44.8 Å². The number of benzene rings is 1. The molecule has 1 aromatic carbocycles. The fourth-order valence-corrected chi connectivity index (χ4v) is 4.28. The van der Waals surface area contributed by atoms with E-state index in [9.17, 15) is 4.79 Å². The third-order valence-corrected chi connectivity index (χ3v) is 5.70. The van der Waals surface area contributed by atoms with Crippen molar-refractivity contribution in [1.29, 1.82) is 0 Å². The number of nitrogens with one attached hydrogen (secondary N) is 1. The second kappa shape index (κ2) is 7.97. The smallest absolute Gasteiger partial charge is 0.238 e. The van der Waals surface area contributed by atoms with Crippen LogP contribution in [-0.2, 0) is 11.2 Å². The molecule has 0 saturated carbocycles. The molecule has 1 amide bonds. The lowest BCUT2D eigenvalue weighted by Gasteiger charge is -2.32. The number of ether oxygens (including phenoxy) is 3. The zero-order chi connectivity index (χ0) is 18.7. The molecule has 1 aromatic heterocycles. The summed E-state index contributed by atoms with van der Waals surface area (Å²) in [4.78, 5) is 16.2.